The zero-order valence-electron chi connectivity index (χ0n) is 35.2. The molecule has 1 fully saturated rings. The van der Waals surface area contributed by atoms with E-state index in [1.54, 1.807) is 19.4 Å². The van der Waals surface area contributed by atoms with E-state index in [-0.39, 0.29) is 38.3 Å². The minimum Gasteiger partial charge on any atom is -0.493 e. The van der Waals surface area contributed by atoms with E-state index >= 15 is 0 Å². The molecule has 0 aromatic heterocycles. The molecular formula is C47H49N4O14+. The summed E-state index contributed by atoms with van der Waals surface area (Å²) in [6.07, 6.45) is -8.85. The van der Waals surface area contributed by atoms with Gasteiger partial charge < -0.3 is 70.2 Å². The lowest BCUT2D eigenvalue weighted by atomic mass is 9.75. The molecule has 4 bridgehead atoms. The van der Waals surface area contributed by atoms with Crippen molar-refractivity contribution in [3.05, 3.63) is 99.4 Å². The van der Waals surface area contributed by atoms with E-state index in [1.807, 2.05) is 48.5 Å². The second-order valence-corrected chi connectivity index (χ2v) is 17.2. The van der Waals surface area contributed by atoms with Crippen molar-refractivity contribution in [2.24, 2.45) is 16.5 Å². The number of aliphatic carboxylic acids is 1. The summed E-state index contributed by atoms with van der Waals surface area (Å²) >= 11 is 0. The van der Waals surface area contributed by atoms with Gasteiger partial charge >= 0.3 is 11.9 Å². The molecule has 7 aliphatic rings. The number of carbonyl (C=O) groups is 2. The van der Waals surface area contributed by atoms with Gasteiger partial charge in [-0.25, -0.2) is 0 Å². The molecule has 65 heavy (non-hydrogen) atoms. The van der Waals surface area contributed by atoms with Crippen molar-refractivity contribution in [1.29, 1.82) is 0 Å². The number of benzene rings is 3. The van der Waals surface area contributed by atoms with E-state index < -0.39 is 84.9 Å². The van der Waals surface area contributed by atoms with Crippen LogP contribution in [0.25, 0.3) is 0 Å². The minimum atomic E-state index is -2.26. The molecule has 0 spiro atoms. The Morgan fingerprint density at radius 3 is 2.65 bits per heavy atom. The van der Waals surface area contributed by atoms with Crippen LogP contribution in [0.2, 0.25) is 0 Å². The molecule has 10 rings (SSSR count). The van der Waals surface area contributed by atoms with E-state index in [9.17, 15) is 35.1 Å². The number of hydrogen-bond acceptors (Lipinski definition) is 16. The number of aliphatic hydroxyl groups is 4. The number of carboxylic acid groups (broad SMARTS) is 1. The van der Waals surface area contributed by atoms with E-state index in [0.29, 0.717) is 52.8 Å². The van der Waals surface area contributed by atoms with Crippen LogP contribution in [0.1, 0.15) is 65.0 Å². The Morgan fingerprint density at radius 2 is 1.89 bits per heavy atom. The fraction of sp³-hybridized carbons (Fsp3) is 0.426. The molecule has 10 N–H and O–H groups in total. The van der Waals surface area contributed by atoms with Gasteiger partial charge in [-0.3, -0.25) is 19.5 Å². The standard InChI is InChI=1S/C47H48N4O14/c1-59-29-11-10-26-35-38-24(22-7-3-2-4-8-22)9-5-6-16-60-40(29)39(26)64-41(35)34-27(20-51-19-23-13-15-50-36(23)28(51)21-52)25-12-14-47(58)44(57)37(56)42(43(45(48)49)63-33(55)18-32(53)54)65-46(47)62-30(25)17-31(34)61-38/h2-4,7-8,10-11,13,15,17,24,35,37-38,41-46,52,56-58H,6,12,14,16,18-21,48-49H2,1H3,(H,53,54)/p+1/t24-,35+,37+,38+,41-,42-,43-,44-,46+,47+/m0/s1. The minimum absolute atomic E-state index is 0.0867. The third-order valence-electron chi connectivity index (χ3n) is 13.5. The molecule has 0 amide bonds. The smallest absolute Gasteiger partial charge is 0.317 e. The highest BCUT2D eigenvalue weighted by Crippen LogP contribution is 2.61. The number of rotatable bonds is 10. The molecule has 11 atom stereocenters. The predicted octanol–water partition coefficient (Wildman–Crippen LogP) is -0.0108. The second kappa shape index (κ2) is 16.8. The maximum atomic E-state index is 12.5. The number of nitrogens with zero attached hydrogens (tertiary/aromatic N) is 1. The van der Waals surface area contributed by atoms with Gasteiger partial charge in [0, 0.05) is 46.5 Å². The third kappa shape index (κ3) is 7.19. The van der Waals surface area contributed by atoms with Gasteiger partial charge in [-0.05, 0) is 30.5 Å². The lowest BCUT2D eigenvalue weighted by Crippen LogP contribution is -3.08. The number of quaternary nitrogens is 1. The van der Waals surface area contributed by atoms with Crippen LogP contribution in [0.5, 0.6) is 28.7 Å². The van der Waals surface area contributed by atoms with E-state index in [0.717, 1.165) is 32.9 Å². The summed E-state index contributed by atoms with van der Waals surface area (Å²) in [5, 5.41) is 55.6. The fourth-order valence-electron chi connectivity index (χ4n) is 10.4. The second-order valence-electron chi connectivity index (χ2n) is 17.2. The number of hydrogen-bond donors (Lipinski definition) is 8. The molecule has 3 aromatic carbocycles. The Morgan fingerprint density at radius 1 is 1.08 bits per heavy atom. The molecule has 0 radical (unpaired) electrons. The number of nitrogens with two attached hydrogens (primary N) is 2. The van der Waals surface area contributed by atoms with Crippen LogP contribution in [-0.4, -0.2) is 119 Å². The average Bonchev–Trinajstić information content (AvgIpc) is 3.97. The van der Waals surface area contributed by atoms with Crippen molar-refractivity contribution in [3.63, 3.8) is 0 Å². The molecular weight excluding hydrogens is 845 g/mol. The quantitative estimate of drug-likeness (QED) is 0.0576. The van der Waals surface area contributed by atoms with Crippen LogP contribution in [-0.2, 0) is 32.0 Å². The first-order chi connectivity index (χ1) is 31.4. The third-order valence-corrected chi connectivity index (χ3v) is 13.5. The van der Waals surface area contributed by atoms with Crippen LogP contribution in [0.3, 0.4) is 0 Å². The van der Waals surface area contributed by atoms with Gasteiger partial charge in [-0.2, -0.15) is 0 Å². The van der Waals surface area contributed by atoms with Gasteiger partial charge in [-0.1, -0.05) is 48.2 Å². The maximum absolute atomic E-state index is 12.5. The van der Waals surface area contributed by atoms with Crippen molar-refractivity contribution in [2.75, 3.05) is 26.9 Å². The fourth-order valence-corrected chi connectivity index (χ4v) is 10.4. The van der Waals surface area contributed by atoms with Gasteiger partial charge in [0.15, 0.2) is 28.9 Å². The zero-order valence-corrected chi connectivity index (χ0v) is 35.2. The summed E-state index contributed by atoms with van der Waals surface area (Å²) in [7, 11) is 1.57. The Balaban J connectivity index is 1.13. The highest BCUT2D eigenvalue weighted by molar-refractivity contribution is 5.90. The number of allylic oxidation sites excluding steroid dienone is 1. The van der Waals surface area contributed by atoms with Crippen LogP contribution < -0.4 is 40.1 Å². The molecule has 7 aliphatic heterocycles. The summed E-state index contributed by atoms with van der Waals surface area (Å²) in [4.78, 5) is 29.3. The van der Waals surface area contributed by atoms with Crippen molar-refractivity contribution >= 4 is 18.2 Å². The molecule has 18 nitrogen and oxygen atoms in total. The largest absolute Gasteiger partial charge is 0.493 e. The summed E-state index contributed by atoms with van der Waals surface area (Å²) in [5.41, 5.74) is 15.9. The lowest BCUT2D eigenvalue weighted by molar-refractivity contribution is -0.867. The average molecular weight is 894 g/mol. The molecule has 3 aromatic rings. The van der Waals surface area contributed by atoms with Crippen LogP contribution >= 0.6 is 0 Å². The number of esters is 1. The van der Waals surface area contributed by atoms with Crippen LogP contribution in [0.15, 0.2) is 76.6 Å². The Labute approximate surface area is 372 Å². The summed E-state index contributed by atoms with van der Waals surface area (Å²) in [6, 6.07) is 15.4. The van der Waals surface area contributed by atoms with Gasteiger partial charge in [0.05, 0.1) is 31.7 Å². The molecule has 0 aliphatic carbocycles. The summed E-state index contributed by atoms with van der Waals surface area (Å²) < 4.78 is 44.7. The SMILES string of the molecule is COc1ccc2c3c1OCCC#C[C@@H](c1ccccc1)[C@H]1Oc4cc5c(c(C[NH+]6CC7=CC=NC7=C6CO)c4[C@H](O3)[C@H]21)CC[C@]1(O)[C@H](O5)O[C@H]([C@H](OC(=O)CC(=O)O)C(N)N)[C@@H](O)[C@@H]1O. The van der Waals surface area contributed by atoms with E-state index in [2.05, 4.69) is 16.8 Å². The maximum Gasteiger partial charge on any atom is 0.317 e. The van der Waals surface area contributed by atoms with Gasteiger partial charge in [0.2, 0.25) is 12.0 Å². The first kappa shape index (κ1) is 42.9. The molecule has 0 saturated carbocycles. The highest BCUT2D eigenvalue weighted by atomic mass is 16.7. The van der Waals surface area contributed by atoms with Crippen molar-refractivity contribution < 1.29 is 73.2 Å². The van der Waals surface area contributed by atoms with Gasteiger partial charge in [-0.15, -0.1) is 0 Å². The van der Waals surface area contributed by atoms with Gasteiger partial charge in [0.25, 0.3) is 0 Å². The molecule has 18 heteroatoms. The number of carbonyl (C=O) groups excluding carboxylic acids is 1. The number of aliphatic hydroxyl groups excluding tert-OH is 3. The molecule has 1 unspecified atom stereocenters. The normalized spacial score (nSPS) is 30.5. The number of aliphatic imine (C=N–C) groups is 1. The van der Waals surface area contributed by atoms with Crippen molar-refractivity contribution in [1.82, 2.24) is 0 Å². The number of ether oxygens (including phenoxy) is 7. The highest BCUT2D eigenvalue weighted by Gasteiger charge is 2.60. The summed E-state index contributed by atoms with van der Waals surface area (Å²) in [5.74, 6) is 5.31. The number of carboxylic acids is 1. The molecule has 1 saturated heterocycles. The monoisotopic (exact) mass is 893 g/mol. The van der Waals surface area contributed by atoms with Crippen LogP contribution in [0.4, 0.5) is 0 Å². The van der Waals surface area contributed by atoms with Crippen molar-refractivity contribution in [2.45, 2.75) is 98.7 Å². The zero-order chi connectivity index (χ0) is 45.3. The Hall–Kier alpha value is -6.01. The van der Waals surface area contributed by atoms with Crippen molar-refractivity contribution in [3.8, 4) is 40.6 Å². The molecule has 7 heterocycles. The van der Waals surface area contributed by atoms with Gasteiger partial charge in [0.1, 0.15) is 73.8 Å². The first-order valence-electron chi connectivity index (χ1n) is 21.5. The molecule has 340 valence electrons. The topological polar surface area (TPSA) is 269 Å². The van der Waals surface area contributed by atoms with E-state index in [1.165, 1.54) is 0 Å². The number of fused-ring (bicyclic) bond motifs is 5. The summed E-state index contributed by atoms with van der Waals surface area (Å²) in [6.45, 7) is 0.797. The van der Waals surface area contributed by atoms with Crippen LogP contribution in [0, 0.1) is 11.8 Å². The first-order valence-corrected chi connectivity index (χ1v) is 21.5. The lowest BCUT2D eigenvalue weighted by Gasteiger charge is -2.48. The number of methoxy groups -OCH3 is 1. The Kier molecular flexibility index (Phi) is 11.1. The number of nitrogens with one attached hydrogen (secondary N) is 1. The predicted molar refractivity (Wildman–Crippen MR) is 226 cm³/mol. The van der Waals surface area contributed by atoms with E-state index in [4.69, 9.17) is 44.6 Å². The Bertz CT molecular complexity index is 2590.